The third kappa shape index (κ3) is 6.61. The monoisotopic (exact) mass is 258 g/mol. The molecule has 0 aliphatic carbocycles. The minimum Gasteiger partial charge on any atom is -0.0999 e. The van der Waals surface area contributed by atoms with Gasteiger partial charge in [0.15, 0.2) is 0 Å². The summed E-state index contributed by atoms with van der Waals surface area (Å²) in [6, 6.07) is 9.16. The summed E-state index contributed by atoms with van der Waals surface area (Å²) in [4.78, 5) is 0. The Bertz CT molecular complexity index is 356. The van der Waals surface area contributed by atoms with Crippen molar-refractivity contribution in [3.05, 3.63) is 47.5 Å². The van der Waals surface area contributed by atoms with Gasteiger partial charge in [0.05, 0.1) is 0 Å². The Balaban J connectivity index is 2.17. The molecule has 0 N–H and O–H groups in total. The van der Waals surface area contributed by atoms with Crippen molar-refractivity contribution in [2.75, 3.05) is 0 Å². The van der Waals surface area contributed by atoms with E-state index >= 15 is 0 Å². The van der Waals surface area contributed by atoms with E-state index in [1.807, 2.05) is 0 Å². The molecular formula is C19H30. The first-order valence-electron chi connectivity index (χ1n) is 7.89. The van der Waals surface area contributed by atoms with Crippen LogP contribution < -0.4 is 0 Å². The predicted molar refractivity (Wildman–Crippen MR) is 86.8 cm³/mol. The number of hydrogen-bond donors (Lipinski definition) is 0. The summed E-state index contributed by atoms with van der Waals surface area (Å²) < 4.78 is 0. The molecule has 0 amide bonds. The molecule has 0 aliphatic heterocycles. The summed E-state index contributed by atoms with van der Waals surface area (Å²) in [7, 11) is 0. The SMILES string of the molecule is C=C(CCC)CCCCCc1ccc(C(C)C)cc1. The summed E-state index contributed by atoms with van der Waals surface area (Å²) in [5, 5.41) is 0. The molecule has 0 bridgehead atoms. The summed E-state index contributed by atoms with van der Waals surface area (Å²) >= 11 is 0. The van der Waals surface area contributed by atoms with Gasteiger partial charge in [-0.25, -0.2) is 0 Å². The lowest BCUT2D eigenvalue weighted by molar-refractivity contribution is 0.662. The Kier molecular flexibility index (Phi) is 7.55. The van der Waals surface area contributed by atoms with Gasteiger partial charge in [-0.05, 0) is 49.1 Å². The zero-order valence-electron chi connectivity index (χ0n) is 13.0. The molecule has 0 unspecified atom stereocenters. The largest absolute Gasteiger partial charge is 0.0999 e. The van der Waals surface area contributed by atoms with Crippen LogP contribution in [0.5, 0.6) is 0 Å². The lowest BCUT2D eigenvalue weighted by Gasteiger charge is -2.07. The van der Waals surface area contributed by atoms with Crippen LogP contribution in [0.4, 0.5) is 0 Å². The first-order valence-corrected chi connectivity index (χ1v) is 7.89. The van der Waals surface area contributed by atoms with E-state index in [0.717, 1.165) is 0 Å². The van der Waals surface area contributed by atoms with Crippen LogP contribution in [0.15, 0.2) is 36.4 Å². The minimum absolute atomic E-state index is 0.638. The van der Waals surface area contributed by atoms with Gasteiger partial charge in [0.1, 0.15) is 0 Å². The molecule has 0 radical (unpaired) electrons. The molecule has 0 atom stereocenters. The summed E-state index contributed by atoms with van der Waals surface area (Å²) in [5.41, 5.74) is 4.36. The van der Waals surface area contributed by atoms with Gasteiger partial charge >= 0.3 is 0 Å². The van der Waals surface area contributed by atoms with Crippen LogP contribution in [0, 0.1) is 0 Å². The van der Waals surface area contributed by atoms with Gasteiger partial charge in [-0.1, -0.05) is 70.0 Å². The molecule has 1 aromatic rings. The Morgan fingerprint density at radius 3 is 2.26 bits per heavy atom. The normalized spacial score (nSPS) is 10.9. The van der Waals surface area contributed by atoms with Crippen molar-refractivity contribution < 1.29 is 0 Å². The smallest absolute Gasteiger partial charge is 0.0219 e. The highest BCUT2D eigenvalue weighted by Gasteiger charge is 1.99. The molecule has 0 heterocycles. The molecule has 1 rings (SSSR count). The van der Waals surface area contributed by atoms with Crippen LogP contribution in [0.2, 0.25) is 0 Å². The van der Waals surface area contributed by atoms with Gasteiger partial charge < -0.3 is 0 Å². The maximum Gasteiger partial charge on any atom is -0.0219 e. The third-order valence-corrected chi connectivity index (χ3v) is 3.75. The van der Waals surface area contributed by atoms with Crippen molar-refractivity contribution in [3.63, 3.8) is 0 Å². The second-order valence-electron chi connectivity index (χ2n) is 5.96. The molecule has 0 heteroatoms. The molecule has 0 aliphatic rings. The number of benzene rings is 1. The van der Waals surface area contributed by atoms with Crippen LogP contribution in [-0.4, -0.2) is 0 Å². The zero-order valence-corrected chi connectivity index (χ0v) is 13.0. The molecule has 0 fully saturated rings. The number of unbranched alkanes of at least 4 members (excludes halogenated alkanes) is 2. The number of allylic oxidation sites excluding steroid dienone is 1. The maximum absolute atomic E-state index is 4.13. The first kappa shape index (κ1) is 16.0. The van der Waals surface area contributed by atoms with Crippen LogP contribution in [0.25, 0.3) is 0 Å². The Labute approximate surface area is 119 Å². The fourth-order valence-corrected chi connectivity index (χ4v) is 2.43. The van der Waals surface area contributed by atoms with Crippen LogP contribution in [-0.2, 0) is 6.42 Å². The van der Waals surface area contributed by atoms with Crippen molar-refractivity contribution in [1.82, 2.24) is 0 Å². The highest BCUT2D eigenvalue weighted by molar-refractivity contribution is 5.24. The van der Waals surface area contributed by atoms with Gasteiger partial charge in [0, 0.05) is 0 Å². The van der Waals surface area contributed by atoms with E-state index in [9.17, 15) is 0 Å². The van der Waals surface area contributed by atoms with Crippen LogP contribution >= 0.6 is 0 Å². The average molecular weight is 258 g/mol. The predicted octanol–water partition coefficient (Wildman–Crippen LogP) is 6.27. The molecule has 0 saturated carbocycles. The zero-order chi connectivity index (χ0) is 14.1. The van der Waals surface area contributed by atoms with Crippen molar-refractivity contribution in [3.8, 4) is 0 Å². The molecule has 106 valence electrons. The summed E-state index contributed by atoms with van der Waals surface area (Å²) in [6.07, 6.45) is 8.83. The number of hydrogen-bond acceptors (Lipinski definition) is 0. The number of rotatable bonds is 9. The van der Waals surface area contributed by atoms with Gasteiger partial charge in [-0.2, -0.15) is 0 Å². The highest BCUT2D eigenvalue weighted by Crippen LogP contribution is 2.17. The molecule has 0 saturated heterocycles. The number of aryl methyl sites for hydroxylation is 1. The fourth-order valence-electron chi connectivity index (χ4n) is 2.43. The first-order chi connectivity index (χ1) is 9.13. The molecule has 0 aromatic heterocycles. The van der Waals surface area contributed by atoms with Crippen molar-refractivity contribution in [2.24, 2.45) is 0 Å². The van der Waals surface area contributed by atoms with Crippen molar-refractivity contribution in [1.29, 1.82) is 0 Å². The standard InChI is InChI=1S/C19H30/c1-5-9-17(4)10-7-6-8-11-18-12-14-19(15-13-18)16(2)3/h12-16H,4-11H2,1-3H3. The van der Waals surface area contributed by atoms with Crippen molar-refractivity contribution in [2.45, 2.75) is 71.6 Å². The third-order valence-electron chi connectivity index (χ3n) is 3.75. The Morgan fingerprint density at radius 1 is 1.00 bits per heavy atom. The minimum atomic E-state index is 0.638. The van der Waals surface area contributed by atoms with Crippen LogP contribution in [0.1, 0.15) is 76.3 Å². The average Bonchev–Trinajstić information content (AvgIpc) is 2.39. The van der Waals surface area contributed by atoms with E-state index in [1.165, 1.54) is 61.6 Å². The van der Waals surface area contributed by atoms with E-state index < -0.39 is 0 Å². The van der Waals surface area contributed by atoms with E-state index in [0.29, 0.717) is 5.92 Å². The van der Waals surface area contributed by atoms with Gasteiger partial charge in [0.2, 0.25) is 0 Å². The van der Waals surface area contributed by atoms with E-state index in [4.69, 9.17) is 0 Å². The lowest BCUT2D eigenvalue weighted by Crippen LogP contribution is -1.90. The van der Waals surface area contributed by atoms with Crippen molar-refractivity contribution >= 4 is 0 Å². The Morgan fingerprint density at radius 2 is 1.68 bits per heavy atom. The molecule has 0 nitrogen and oxygen atoms in total. The topological polar surface area (TPSA) is 0 Å². The maximum atomic E-state index is 4.13. The molecule has 19 heavy (non-hydrogen) atoms. The summed E-state index contributed by atoms with van der Waals surface area (Å²) in [5.74, 6) is 0.638. The second-order valence-corrected chi connectivity index (χ2v) is 5.96. The van der Waals surface area contributed by atoms with Gasteiger partial charge in [-0.3, -0.25) is 0 Å². The highest BCUT2D eigenvalue weighted by atomic mass is 14.1. The van der Waals surface area contributed by atoms with Gasteiger partial charge in [-0.15, -0.1) is 0 Å². The van der Waals surface area contributed by atoms with E-state index in [2.05, 4.69) is 51.6 Å². The fraction of sp³-hybridized carbons (Fsp3) is 0.579. The quantitative estimate of drug-likeness (QED) is 0.362. The molecule has 0 spiro atoms. The second kappa shape index (κ2) is 8.96. The van der Waals surface area contributed by atoms with Crippen LogP contribution in [0.3, 0.4) is 0 Å². The Hall–Kier alpha value is -1.04. The molecule has 1 aromatic carbocycles. The van der Waals surface area contributed by atoms with E-state index in [1.54, 1.807) is 0 Å². The van der Waals surface area contributed by atoms with E-state index in [-0.39, 0.29) is 0 Å². The molecular weight excluding hydrogens is 228 g/mol. The summed E-state index contributed by atoms with van der Waals surface area (Å²) in [6.45, 7) is 10.9. The lowest BCUT2D eigenvalue weighted by atomic mass is 9.99. The van der Waals surface area contributed by atoms with Gasteiger partial charge in [0.25, 0.3) is 0 Å².